The van der Waals surface area contributed by atoms with Gasteiger partial charge < -0.3 is 53.6 Å². The molecule has 5 N–H and O–H groups in total. The molecule has 2 aliphatic heterocycles. The first-order valence-electron chi connectivity index (χ1n) is 10.6. The largest absolute Gasteiger partial charge is 0.504 e. The number of carboxylic acid groups (broad SMARTS) is 1. The third-order valence-electron chi connectivity index (χ3n) is 5.84. The molecule has 0 aliphatic carbocycles. The summed E-state index contributed by atoms with van der Waals surface area (Å²) in [7, 11) is 1.27. The number of hydrogen-bond donors (Lipinski definition) is 5. The van der Waals surface area contributed by atoms with Gasteiger partial charge in [0.25, 0.3) is 0 Å². The second kappa shape index (κ2) is 8.87. The highest BCUT2D eigenvalue weighted by Gasteiger charge is 2.48. The second-order valence-corrected chi connectivity index (χ2v) is 8.00. The molecule has 0 radical (unpaired) electrons. The second-order valence-electron chi connectivity index (χ2n) is 8.00. The number of hydrogen-bond acceptors (Lipinski definition) is 12. The van der Waals surface area contributed by atoms with Gasteiger partial charge in [-0.05, 0) is 24.3 Å². The van der Waals surface area contributed by atoms with Crippen molar-refractivity contribution >= 4 is 16.9 Å². The van der Waals surface area contributed by atoms with Gasteiger partial charge in [0.05, 0.1) is 7.11 Å². The van der Waals surface area contributed by atoms with E-state index in [-0.39, 0.29) is 46.5 Å². The Kier molecular flexibility index (Phi) is 5.84. The first kappa shape index (κ1) is 23.7. The van der Waals surface area contributed by atoms with E-state index in [4.69, 9.17) is 33.2 Å². The van der Waals surface area contributed by atoms with Gasteiger partial charge in [0.15, 0.2) is 23.4 Å². The van der Waals surface area contributed by atoms with Crippen LogP contribution in [0.5, 0.6) is 28.7 Å². The number of phenolic OH excluding ortho intramolecular Hbond substituents is 1. The maximum atomic E-state index is 13.1. The lowest BCUT2D eigenvalue weighted by molar-refractivity contribution is -0.271. The van der Waals surface area contributed by atoms with E-state index in [1.165, 1.54) is 37.4 Å². The maximum Gasteiger partial charge on any atom is 0.335 e. The summed E-state index contributed by atoms with van der Waals surface area (Å²) >= 11 is 0. The summed E-state index contributed by atoms with van der Waals surface area (Å²) in [6, 6.07) is 7.23. The minimum Gasteiger partial charge on any atom is -0.504 e. The smallest absolute Gasteiger partial charge is 0.335 e. The number of aliphatic carboxylic acids is 1. The van der Waals surface area contributed by atoms with Gasteiger partial charge in [0.1, 0.15) is 35.0 Å². The number of aliphatic hydroxyl groups excluding tert-OH is 3. The Morgan fingerprint density at radius 3 is 2.44 bits per heavy atom. The van der Waals surface area contributed by atoms with Crippen LogP contribution in [0.3, 0.4) is 0 Å². The normalized spacial score (nSPS) is 25.1. The number of rotatable bonds is 5. The SMILES string of the molecule is COc1c(-c2ccc(O[C@H]3O[C@@H](C(=O)O)[C@H](O)[C@@H](O)[C@@H]3O)cc2)oc2cc3c(c(O)c2c1=O)OCO3. The van der Waals surface area contributed by atoms with Crippen molar-refractivity contribution in [2.24, 2.45) is 0 Å². The van der Waals surface area contributed by atoms with Gasteiger partial charge in [-0.3, -0.25) is 4.79 Å². The van der Waals surface area contributed by atoms with Crippen molar-refractivity contribution in [1.29, 1.82) is 0 Å². The van der Waals surface area contributed by atoms with E-state index < -0.39 is 47.9 Å². The van der Waals surface area contributed by atoms with Crippen molar-refractivity contribution in [2.45, 2.75) is 30.7 Å². The molecule has 5 atom stereocenters. The van der Waals surface area contributed by atoms with E-state index in [1.807, 2.05) is 0 Å². The van der Waals surface area contributed by atoms with E-state index in [0.29, 0.717) is 5.56 Å². The van der Waals surface area contributed by atoms with Crippen LogP contribution in [0, 0.1) is 0 Å². The Morgan fingerprint density at radius 1 is 1.06 bits per heavy atom. The Hall–Kier alpha value is -4.04. The van der Waals surface area contributed by atoms with E-state index >= 15 is 0 Å². The molecule has 0 spiro atoms. The molecule has 3 heterocycles. The molecule has 1 fully saturated rings. The van der Waals surface area contributed by atoms with E-state index in [0.717, 1.165) is 0 Å². The van der Waals surface area contributed by atoms with Crippen LogP contribution < -0.4 is 24.4 Å². The van der Waals surface area contributed by atoms with Crippen molar-refractivity contribution in [3.63, 3.8) is 0 Å². The number of benzene rings is 2. The van der Waals surface area contributed by atoms with Crippen molar-refractivity contribution in [1.82, 2.24) is 0 Å². The molecule has 36 heavy (non-hydrogen) atoms. The minimum atomic E-state index is -1.85. The lowest BCUT2D eigenvalue weighted by Crippen LogP contribution is -2.61. The van der Waals surface area contributed by atoms with Gasteiger partial charge in [-0.2, -0.15) is 0 Å². The van der Waals surface area contributed by atoms with Crippen LogP contribution in [0.25, 0.3) is 22.3 Å². The van der Waals surface area contributed by atoms with Crippen LogP contribution in [-0.4, -0.2) is 76.1 Å². The summed E-state index contributed by atoms with van der Waals surface area (Å²) in [4.78, 5) is 24.4. The van der Waals surface area contributed by atoms with Crippen molar-refractivity contribution in [2.75, 3.05) is 13.9 Å². The molecule has 2 aromatic carbocycles. The summed E-state index contributed by atoms with van der Waals surface area (Å²) < 4.78 is 32.2. The Bertz CT molecular complexity index is 1380. The lowest BCUT2D eigenvalue weighted by atomic mass is 9.99. The summed E-state index contributed by atoms with van der Waals surface area (Å²) in [6.45, 7) is -0.124. The zero-order valence-electron chi connectivity index (χ0n) is 18.5. The Balaban J connectivity index is 1.47. The summed E-state index contributed by atoms with van der Waals surface area (Å²) in [5.74, 6) is -1.76. The first-order valence-corrected chi connectivity index (χ1v) is 10.6. The summed E-state index contributed by atoms with van der Waals surface area (Å²) in [5.41, 5.74) is -0.237. The average molecular weight is 504 g/mol. The van der Waals surface area contributed by atoms with E-state index in [2.05, 4.69) is 0 Å². The average Bonchev–Trinajstić information content (AvgIpc) is 3.33. The Morgan fingerprint density at radius 2 is 1.78 bits per heavy atom. The molecule has 3 aromatic rings. The number of carbonyl (C=O) groups is 1. The number of phenols is 1. The van der Waals surface area contributed by atoms with Crippen molar-refractivity contribution in [3.8, 4) is 40.1 Å². The third-order valence-corrected chi connectivity index (χ3v) is 5.84. The molecular weight excluding hydrogens is 484 g/mol. The zero-order chi connectivity index (χ0) is 25.7. The molecule has 1 saturated heterocycles. The van der Waals surface area contributed by atoms with E-state index in [1.54, 1.807) is 0 Å². The number of aromatic hydroxyl groups is 1. The molecule has 0 unspecified atom stereocenters. The van der Waals surface area contributed by atoms with Crippen LogP contribution in [0.4, 0.5) is 0 Å². The fraction of sp³-hybridized carbons (Fsp3) is 0.304. The molecule has 0 bridgehead atoms. The molecule has 2 aliphatic rings. The monoisotopic (exact) mass is 504 g/mol. The predicted molar refractivity (Wildman–Crippen MR) is 117 cm³/mol. The number of methoxy groups -OCH3 is 1. The van der Waals surface area contributed by atoms with Gasteiger partial charge >= 0.3 is 5.97 Å². The zero-order valence-corrected chi connectivity index (χ0v) is 18.5. The van der Waals surface area contributed by atoms with Gasteiger partial charge in [-0.25, -0.2) is 4.79 Å². The topological polar surface area (TPSA) is 195 Å². The maximum absolute atomic E-state index is 13.1. The molecule has 13 heteroatoms. The molecule has 1 aromatic heterocycles. The van der Waals surface area contributed by atoms with Crippen molar-refractivity contribution in [3.05, 3.63) is 40.6 Å². The predicted octanol–water partition coefficient (Wildman–Crippen LogP) is 0.174. The number of ether oxygens (including phenoxy) is 5. The fourth-order valence-electron chi connectivity index (χ4n) is 4.02. The summed E-state index contributed by atoms with van der Waals surface area (Å²) in [6.07, 6.45) is -8.78. The standard InChI is InChI=1S/C23H20O13/c1-31-20-14(25)12-10(6-11-19(13(12)24)33-7-32-11)35-18(20)8-2-4-9(5-3-8)34-23-17(28)15(26)16(27)21(36-23)22(29)30/h2-6,15-17,21,23-24,26-28H,7H2,1H3,(H,29,30)/t15-,16-,17+,21-,23+/m1/s1. The van der Waals surface area contributed by atoms with Crippen LogP contribution in [0.1, 0.15) is 0 Å². The first-order chi connectivity index (χ1) is 17.2. The van der Waals surface area contributed by atoms with Gasteiger partial charge in [-0.15, -0.1) is 0 Å². The fourth-order valence-corrected chi connectivity index (χ4v) is 4.02. The van der Waals surface area contributed by atoms with Crippen LogP contribution >= 0.6 is 0 Å². The number of aliphatic hydroxyl groups is 3. The molecular formula is C23H20O13. The minimum absolute atomic E-state index is 0.0287. The van der Waals surface area contributed by atoms with E-state index in [9.17, 15) is 30.0 Å². The van der Waals surface area contributed by atoms with Gasteiger partial charge in [0, 0.05) is 11.6 Å². The summed E-state index contributed by atoms with van der Waals surface area (Å²) in [5, 5.41) is 49.4. The molecule has 0 saturated carbocycles. The highest BCUT2D eigenvalue weighted by Crippen LogP contribution is 2.46. The highest BCUT2D eigenvalue weighted by atomic mass is 16.7. The Labute approximate surface area is 201 Å². The molecule has 5 rings (SSSR count). The number of carboxylic acids is 1. The molecule has 0 amide bonds. The van der Waals surface area contributed by atoms with Gasteiger partial charge in [0.2, 0.25) is 30.0 Å². The van der Waals surface area contributed by atoms with Gasteiger partial charge in [-0.1, -0.05) is 0 Å². The molecule has 13 nitrogen and oxygen atoms in total. The van der Waals surface area contributed by atoms with Crippen LogP contribution in [0.15, 0.2) is 39.5 Å². The van der Waals surface area contributed by atoms with Crippen LogP contribution in [-0.2, 0) is 9.53 Å². The van der Waals surface area contributed by atoms with Crippen LogP contribution in [0.2, 0.25) is 0 Å². The number of fused-ring (bicyclic) bond motifs is 2. The third kappa shape index (κ3) is 3.74. The molecule has 190 valence electrons. The quantitative estimate of drug-likeness (QED) is 0.316. The lowest BCUT2D eigenvalue weighted by Gasteiger charge is -2.38. The highest BCUT2D eigenvalue weighted by molar-refractivity contribution is 5.91. The van der Waals surface area contributed by atoms with Crippen molar-refractivity contribution < 1.29 is 58.4 Å².